The van der Waals surface area contributed by atoms with Crippen LogP contribution in [0, 0.1) is 5.92 Å². The summed E-state index contributed by atoms with van der Waals surface area (Å²) in [7, 11) is 0. The molecule has 1 atom stereocenters. The van der Waals surface area contributed by atoms with Gasteiger partial charge in [-0.2, -0.15) is 0 Å². The molecule has 0 spiro atoms. The number of amides is 3. The van der Waals surface area contributed by atoms with Crippen molar-refractivity contribution in [2.75, 3.05) is 26.3 Å². The smallest absolute Gasteiger partial charge is 0.324 e. The Morgan fingerprint density at radius 1 is 1.57 bits per heavy atom. The van der Waals surface area contributed by atoms with E-state index in [0.717, 1.165) is 0 Å². The zero-order valence-electron chi connectivity index (χ0n) is 8.58. The number of urea groups is 1. The number of carbonyl (C=O) groups is 2. The molecule has 1 heterocycles. The van der Waals surface area contributed by atoms with E-state index in [1.165, 1.54) is 0 Å². The fraction of sp³-hybridized carbons (Fsp3) is 0.778. The molecule has 1 rings (SSSR count). The highest BCUT2D eigenvalue weighted by Gasteiger charge is 2.28. The van der Waals surface area contributed by atoms with Crippen molar-refractivity contribution in [3.63, 3.8) is 0 Å². The van der Waals surface area contributed by atoms with Gasteiger partial charge in [0.1, 0.15) is 0 Å². The van der Waals surface area contributed by atoms with Crippen molar-refractivity contribution >= 4 is 11.9 Å². The third-order valence-corrected chi connectivity index (χ3v) is 2.17. The second-order valence-electron chi connectivity index (χ2n) is 3.34. The van der Waals surface area contributed by atoms with Gasteiger partial charge in [-0.3, -0.25) is 10.1 Å². The molecule has 0 radical (unpaired) electrons. The summed E-state index contributed by atoms with van der Waals surface area (Å²) in [5, 5.41) is 2.30. The number of hydrogen-bond donors (Lipinski definition) is 1. The molecular weight excluding hydrogens is 184 g/mol. The Morgan fingerprint density at radius 2 is 2.29 bits per heavy atom. The average molecular weight is 200 g/mol. The van der Waals surface area contributed by atoms with Gasteiger partial charge in [0.15, 0.2) is 0 Å². The summed E-state index contributed by atoms with van der Waals surface area (Å²) >= 11 is 0. The quantitative estimate of drug-likeness (QED) is 0.660. The number of rotatable bonds is 4. The van der Waals surface area contributed by atoms with E-state index in [1.807, 2.05) is 6.92 Å². The molecule has 0 aromatic rings. The highest BCUT2D eigenvalue weighted by Crippen LogP contribution is 2.06. The van der Waals surface area contributed by atoms with E-state index in [1.54, 1.807) is 11.8 Å². The molecule has 0 aromatic heterocycles. The van der Waals surface area contributed by atoms with Crippen LogP contribution < -0.4 is 5.32 Å². The van der Waals surface area contributed by atoms with Crippen LogP contribution in [0.1, 0.15) is 13.8 Å². The molecule has 1 unspecified atom stereocenters. The van der Waals surface area contributed by atoms with E-state index in [4.69, 9.17) is 4.74 Å². The molecular formula is C9H16N2O3. The van der Waals surface area contributed by atoms with E-state index >= 15 is 0 Å². The monoisotopic (exact) mass is 200 g/mol. The number of nitrogens with zero attached hydrogens (tertiary/aromatic N) is 1. The first-order valence-corrected chi connectivity index (χ1v) is 4.82. The second kappa shape index (κ2) is 4.95. The molecule has 1 saturated heterocycles. The van der Waals surface area contributed by atoms with Crippen LogP contribution in [0.4, 0.5) is 4.79 Å². The van der Waals surface area contributed by atoms with Crippen LogP contribution in [-0.2, 0) is 9.53 Å². The van der Waals surface area contributed by atoms with Crippen molar-refractivity contribution < 1.29 is 14.3 Å². The van der Waals surface area contributed by atoms with Gasteiger partial charge < -0.3 is 9.64 Å². The first kappa shape index (κ1) is 11.0. The molecule has 0 aliphatic carbocycles. The highest BCUT2D eigenvalue weighted by atomic mass is 16.5. The zero-order chi connectivity index (χ0) is 10.6. The minimum Gasteiger partial charge on any atom is -0.380 e. The van der Waals surface area contributed by atoms with Gasteiger partial charge >= 0.3 is 6.03 Å². The van der Waals surface area contributed by atoms with Crippen molar-refractivity contribution in [3.8, 4) is 0 Å². The lowest BCUT2D eigenvalue weighted by Crippen LogP contribution is -2.54. The van der Waals surface area contributed by atoms with Crippen molar-refractivity contribution in [2.24, 2.45) is 5.92 Å². The number of ether oxygens (including phenoxy) is 1. The van der Waals surface area contributed by atoms with E-state index < -0.39 is 0 Å². The number of carbonyl (C=O) groups excluding carboxylic acids is 2. The average Bonchev–Trinajstić information content (AvgIpc) is 2.14. The number of hydrogen-bond acceptors (Lipinski definition) is 3. The van der Waals surface area contributed by atoms with Gasteiger partial charge in [0.25, 0.3) is 0 Å². The van der Waals surface area contributed by atoms with Gasteiger partial charge in [-0.1, -0.05) is 6.92 Å². The van der Waals surface area contributed by atoms with Gasteiger partial charge in [-0.15, -0.1) is 0 Å². The molecule has 5 nitrogen and oxygen atoms in total. The lowest BCUT2D eigenvalue weighted by atomic mass is 10.1. The van der Waals surface area contributed by atoms with Crippen LogP contribution in [0.2, 0.25) is 0 Å². The Kier molecular flexibility index (Phi) is 3.88. The maximum absolute atomic E-state index is 11.3. The van der Waals surface area contributed by atoms with E-state index in [2.05, 4.69) is 5.32 Å². The molecule has 1 aliphatic rings. The Bertz CT molecular complexity index is 230. The van der Waals surface area contributed by atoms with Crippen LogP contribution >= 0.6 is 0 Å². The summed E-state index contributed by atoms with van der Waals surface area (Å²) in [5.41, 5.74) is 0. The standard InChI is InChI=1S/C9H16N2O3/c1-3-14-5-4-11-6-7(2)8(12)10-9(11)13/h7H,3-6H2,1-2H3,(H,10,12,13). The van der Waals surface area contributed by atoms with Crippen LogP contribution in [-0.4, -0.2) is 43.1 Å². The van der Waals surface area contributed by atoms with Gasteiger partial charge in [-0.25, -0.2) is 4.79 Å². The zero-order valence-corrected chi connectivity index (χ0v) is 8.58. The highest BCUT2D eigenvalue weighted by molar-refractivity contribution is 5.97. The normalized spacial score (nSPS) is 22.4. The second-order valence-corrected chi connectivity index (χ2v) is 3.34. The largest absolute Gasteiger partial charge is 0.380 e. The molecule has 0 saturated carbocycles. The lowest BCUT2D eigenvalue weighted by molar-refractivity contribution is -0.125. The SMILES string of the molecule is CCOCCN1CC(C)C(=O)NC1=O. The number of imide groups is 1. The molecule has 0 aromatic carbocycles. The fourth-order valence-corrected chi connectivity index (χ4v) is 1.32. The summed E-state index contributed by atoms with van der Waals surface area (Å²) in [6.07, 6.45) is 0. The van der Waals surface area contributed by atoms with Gasteiger partial charge in [0.05, 0.1) is 12.5 Å². The summed E-state index contributed by atoms with van der Waals surface area (Å²) < 4.78 is 5.14. The van der Waals surface area contributed by atoms with Crippen LogP contribution in [0.3, 0.4) is 0 Å². The molecule has 3 amide bonds. The van der Waals surface area contributed by atoms with Crippen molar-refractivity contribution in [1.29, 1.82) is 0 Å². The predicted molar refractivity (Wildman–Crippen MR) is 50.8 cm³/mol. The molecule has 1 N–H and O–H groups in total. The van der Waals surface area contributed by atoms with Crippen molar-refractivity contribution in [2.45, 2.75) is 13.8 Å². The minimum atomic E-state index is -0.312. The topological polar surface area (TPSA) is 58.6 Å². The Balaban J connectivity index is 2.37. The third kappa shape index (κ3) is 2.70. The number of nitrogens with one attached hydrogen (secondary N) is 1. The third-order valence-electron chi connectivity index (χ3n) is 2.17. The summed E-state index contributed by atoms with van der Waals surface area (Å²) in [6, 6.07) is -0.312. The maximum Gasteiger partial charge on any atom is 0.324 e. The van der Waals surface area contributed by atoms with Gasteiger partial charge in [-0.05, 0) is 6.92 Å². The predicted octanol–water partition coefficient (Wildman–Crippen LogP) is 0.211. The van der Waals surface area contributed by atoms with Gasteiger partial charge in [0, 0.05) is 19.7 Å². The van der Waals surface area contributed by atoms with E-state index in [0.29, 0.717) is 26.3 Å². The molecule has 1 aliphatic heterocycles. The summed E-state index contributed by atoms with van der Waals surface area (Å²) in [5.74, 6) is -0.322. The van der Waals surface area contributed by atoms with E-state index in [9.17, 15) is 9.59 Å². The molecule has 5 heteroatoms. The van der Waals surface area contributed by atoms with Crippen LogP contribution in [0.5, 0.6) is 0 Å². The van der Waals surface area contributed by atoms with Crippen LogP contribution in [0.15, 0.2) is 0 Å². The Hall–Kier alpha value is -1.10. The molecule has 80 valence electrons. The van der Waals surface area contributed by atoms with Crippen molar-refractivity contribution in [3.05, 3.63) is 0 Å². The Labute approximate surface area is 83.4 Å². The van der Waals surface area contributed by atoms with Gasteiger partial charge in [0.2, 0.25) is 5.91 Å². The molecule has 14 heavy (non-hydrogen) atoms. The Morgan fingerprint density at radius 3 is 2.93 bits per heavy atom. The van der Waals surface area contributed by atoms with E-state index in [-0.39, 0.29) is 17.9 Å². The fourth-order valence-electron chi connectivity index (χ4n) is 1.32. The first-order chi connectivity index (χ1) is 6.65. The summed E-state index contributed by atoms with van der Waals surface area (Å²) in [4.78, 5) is 24.0. The summed E-state index contributed by atoms with van der Waals surface area (Å²) in [6.45, 7) is 5.89. The molecule has 0 bridgehead atoms. The van der Waals surface area contributed by atoms with Crippen molar-refractivity contribution in [1.82, 2.24) is 10.2 Å². The first-order valence-electron chi connectivity index (χ1n) is 4.82. The lowest BCUT2D eigenvalue weighted by Gasteiger charge is -2.30. The maximum atomic E-state index is 11.3. The molecule has 1 fully saturated rings. The van der Waals surface area contributed by atoms with Crippen LogP contribution in [0.25, 0.3) is 0 Å². The minimum absolute atomic E-state index is 0.130.